The van der Waals surface area contributed by atoms with Crippen molar-refractivity contribution in [2.45, 2.75) is 38.3 Å². The minimum absolute atomic E-state index is 0. The summed E-state index contributed by atoms with van der Waals surface area (Å²) in [6.45, 7) is 9.50. The number of hydrogen-bond acceptors (Lipinski definition) is 2. The molecule has 74 valence electrons. The number of hydrogen-bond donors (Lipinski definition) is 2. The van der Waals surface area contributed by atoms with Gasteiger partial charge in [-0.1, -0.05) is 0 Å². The quantitative estimate of drug-likeness (QED) is 0.522. The van der Waals surface area contributed by atoms with E-state index in [1.165, 1.54) is 10.6 Å². The molecule has 0 rings (SSSR count). The van der Waals surface area contributed by atoms with Crippen LogP contribution in [0.3, 0.4) is 0 Å². The molecule has 0 saturated heterocycles. The summed E-state index contributed by atoms with van der Waals surface area (Å²) < 4.78 is 0. The third-order valence-electron chi connectivity index (χ3n) is 1.28. The second-order valence-corrected chi connectivity index (χ2v) is 5.30. The Kier molecular flexibility index (Phi) is 14.3. The monoisotopic (exact) mass is 188 g/mol. The summed E-state index contributed by atoms with van der Waals surface area (Å²) in [6.07, 6.45) is 0. The maximum Gasteiger partial charge on any atom is 0.0403 e. The molecule has 0 saturated carbocycles. The van der Waals surface area contributed by atoms with Crippen molar-refractivity contribution in [3.63, 3.8) is 0 Å². The zero-order valence-corrected chi connectivity index (χ0v) is 10.2. The zero-order chi connectivity index (χ0) is 9.98. The van der Waals surface area contributed by atoms with E-state index in [4.69, 9.17) is 0 Å². The molecule has 12 heavy (non-hydrogen) atoms. The Morgan fingerprint density at radius 2 is 1.25 bits per heavy atom. The van der Waals surface area contributed by atoms with Crippen molar-refractivity contribution in [3.8, 4) is 0 Å². The van der Waals surface area contributed by atoms with Crippen molar-refractivity contribution >= 4 is 15.2 Å². The maximum absolute atomic E-state index is 4.62. The van der Waals surface area contributed by atoms with Gasteiger partial charge in [-0.2, -0.15) is 0 Å². The van der Waals surface area contributed by atoms with Gasteiger partial charge in [0.15, 0.2) is 0 Å². The van der Waals surface area contributed by atoms with E-state index in [1.807, 2.05) is 0 Å². The molecular formula is C9H25AlN2. The van der Waals surface area contributed by atoms with Gasteiger partial charge in [0.25, 0.3) is 0 Å². The molecule has 0 heterocycles. The van der Waals surface area contributed by atoms with Crippen LogP contribution >= 0.6 is 0 Å². The fourth-order valence-corrected chi connectivity index (χ4v) is 2.29. The Morgan fingerprint density at radius 1 is 1.00 bits per heavy atom. The summed E-state index contributed by atoms with van der Waals surface area (Å²) in [7, 11) is 0. The molecule has 0 spiro atoms. The van der Waals surface area contributed by atoms with E-state index in [0.29, 0.717) is 0 Å². The molecule has 0 unspecified atom stereocenters. The summed E-state index contributed by atoms with van der Waals surface area (Å²) >= 11 is 0.755. The average molecular weight is 188 g/mol. The Labute approximate surface area is 85.3 Å². The van der Waals surface area contributed by atoms with E-state index < -0.39 is 0 Å². The Balaban J connectivity index is -0.000000220. The van der Waals surface area contributed by atoms with Gasteiger partial charge in [0.1, 0.15) is 0 Å². The first-order valence-electron chi connectivity index (χ1n) is 4.76. The van der Waals surface area contributed by atoms with Gasteiger partial charge in [0, 0.05) is 6.67 Å². The third kappa shape index (κ3) is 22.4. The Hall–Kier alpha value is 0.452. The fraction of sp³-hybridized carbons (Fsp3) is 1.00. The van der Waals surface area contributed by atoms with Crippen LogP contribution < -0.4 is 11.5 Å². The molecule has 0 aliphatic rings. The van der Waals surface area contributed by atoms with E-state index in [1.54, 1.807) is 0 Å². The van der Waals surface area contributed by atoms with Crippen LogP contribution in [-0.2, 0) is 0 Å². The first-order valence-corrected chi connectivity index (χ1v) is 6.39. The van der Waals surface area contributed by atoms with Crippen molar-refractivity contribution in [2.24, 2.45) is 23.3 Å². The topological polar surface area (TPSA) is 52.0 Å². The molecule has 4 N–H and O–H groups in total. The smallest absolute Gasteiger partial charge is 0.0403 e. The van der Waals surface area contributed by atoms with E-state index in [9.17, 15) is 0 Å². The van der Waals surface area contributed by atoms with Crippen LogP contribution in [0.5, 0.6) is 0 Å². The van der Waals surface area contributed by atoms with Crippen LogP contribution in [0, 0.1) is 11.8 Å². The molecule has 0 fully saturated rings. The largest absolute Gasteiger partial charge is 1.00 e. The van der Waals surface area contributed by atoms with Gasteiger partial charge in [-0.25, -0.2) is 0 Å². The predicted octanol–water partition coefficient (Wildman–Crippen LogP) is 1.81. The Bertz CT molecular complexity index is 72.0. The molecule has 0 bridgehead atoms. The summed E-state index contributed by atoms with van der Waals surface area (Å²) in [4.78, 5) is 0. The van der Waals surface area contributed by atoms with E-state index in [0.717, 1.165) is 27.1 Å². The van der Waals surface area contributed by atoms with Gasteiger partial charge in [0.2, 0.25) is 0 Å². The van der Waals surface area contributed by atoms with Gasteiger partial charge in [0.05, 0.1) is 0 Å². The van der Waals surface area contributed by atoms with Crippen molar-refractivity contribution in [2.75, 3.05) is 6.67 Å². The summed E-state index contributed by atoms with van der Waals surface area (Å²) in [5.41, 5.74) is 9.25. The van der Waals surface area contributed by atoms with Crippen molar-refractivity contribution in [1.82, 2.24) is 0 Å². The van der Waals surface area contributed by atoms with Crippen LogP contribution in [0.15, 0.2) is 0 Å². The summed E-state index contributed by atoms with van der Waals surface area (Å²) in [5.74, 6) is 1.86. The summed E-state index contributed by atoms with van der Waals surface area (Å²) in [6, 6.07) is 0. The SMILES string of the molecule is CC(C)[CH2][Al+][CH2]C(C)C.NCN.[H-]. The van der Waals surface area contributed by atoms with Crippen molar-refractivity contribution in [3.05, 3.63) is 0 Å². The van der Waals surface area contributed by atoms with Gasteiger partial charge in [-0.3, -0.25) is 0 Å². The minimum Gasteiger partial charge on any atom is -1.00 e. The van der Waals surface area contributed by atoms with Gasteiger partial charge >= 0.3 is 65.3 Å². The zero-order valence-electron chi connectivity index (χ0n) is 10.0. The molecule has 0 aromatic heterocycles. The third-order valence-corrected chi connectivity index (χ3v) is 3.83. The maximum atomic E-state index is 4.62. The first kappa shape index (κ1) is 14.9. The summed E-state index contributed by atoms with van der Waals surface area (Å²) in [5, 5.41) is 2.97. The van der Waals surface area contributed by atoms with Gasteiger partial charge in [-0.15, -0.1) is 0 Å². The van der Waals surface area contributed by atoms with Crippen LogP contribution in [-0.4, -0.2) is 21.9 Å². The fourth-order valence-electron chi connectivity index (χ4n) is 0.763. The van der Waals surface area contributed by atoms with Crippen molar-refractivity contribution in [1.29, 1.82) is 0 Å². The number of nitrogens with two attached hydrogens (primary N) is 2. The molecule has 0 aliphatic heterocycles. The minimum atomic E-state index is 0. The normalized spacial score (nSPS) is 9.33. The standard InChI is InChI=1S/2C4H9.CH6N2.Al.H/c2*1-4(2)3;2-1-3;;/h2*4H,1H2,2-3H3;1-3H2;;/q;;;+1;-1. The molecule has 0 aromatic rings. The molecule has 0 radical (unpaired) electrons. The second kappa shape index (κ2) is 11.5. The van der Waals surface area contributed by atoms with Gasteiger partial charge in [-0.05, 0) is 0 Å². The second-order valence-electron chi connectivity index (χ2n) is 3.78. The van der Waals surface area contributed by atoms with E-state index >= 15 is 0 Å². The van der Waals surface area contributed by atoms with Crippen LogP contribution in [0.2, 0.25) is 10.6 Å². The molecule has 3 heteroatoms. The van der Waals surface area contributed by atoms with E-state index in [-0.39, 0.29) is 8.10 Å². The van der Waals surface area contributed by atoms with Gasteiger partial charge < -0.3 is 12.9 Å². The molecular weight excluding hydrogens is 163 g/mol. The average Bonchev–Trinajstić information content (AvgIpc) is 1.87. The molecule has 0 aliphatic carbocycles. The first-order chi connectivity index (χ1) is 5.54. The predicted molar refractivity (Wildman–Crippen MR) is 59.4 cm³/mol. The van der Waals surface area contributed by atoms with E-state index in [2.05, 4.69) is 39.2 Å². The van der Waals surface area contributed by atoms with Crippen LogP contribution in [0.4, 0.5) is 0 Å². The molecule has 0 aromatic carbocycles. The van der Waals surface area contributed by atoms with Crippen LogP contribution in [0.25, 0.3) is 0 Å². The molecule has 0 amide bonds. The van der Waals surface area contributed by atoms with Crippen molar-refractivity contribution < 1.29 is 1.43 Å². The molecule has 0 atom stereocenters. The molecule has 2 nitrogen and oxygen atoms in total. The number of rotatable bonds is 4. The Morgan fingerprint density at radius 3 is 1.42 bits per heavy atom. The van der Waals surface area contributed by atoms with Crippen LogP contribution in [0.1, 0.15) is 29.1 Å².